The average Bonchev–Trinajstić information content (AvgIpc) is 3.13. The highest BCUT2D eigenvalue weighted by Gasteiger charge is 2.21. The maximum atomic E-state index is 12.0. The van der Waals surface area contributed by atoms with Crippen LogP contribution in [0.2, 0.25) is 0 Å². The van der Waals surface area contributed by atoms with Crippen molar-refractivity contribution in [2.45, 2.75) is 19.1 Å². The molecule has 0 radical (unpaired) electrons. The quantitative estimate of drug-likeness (QED) is 0.720. The van der Waals surface area contributed by atoms with E-state index >= 15 is 0 Å². The van der Waals surface area contributed by atoms with E-state index in [4.69, 9.17) is 5.73 Å². The van der Waals surface area contributed by atoms with E-state index in [-0.39, 0.29) is 11.8 Å². The Morgan fingerprint density at radius 2 is 1.82 bits per heavy atom. The highest BCUT2D eigenvalue weighted by Crippen LogP contribution is 2.29. The second-order valence-corrected chi connectivity index (χ2v) is 7.23. The summed E-state index contributed by atoms with van der Waals surface area (Å²) in [6, 6.07) is 20.2. The van der Waals surface area contributed by atoms with E-state index in [1.54, 1.807) is 6.20 Å². The number of nitrogens with two attached hydrogens (primary N) is 1. The summed E-state index contributed by atoms with van der Waals surface area (Å²) in [6.07, 6.45) is 2.23. The van der Waals surface area contributed by atoms with Crippen LogP contribution in [0, 0.1) is 0 Å². The highest BCUT2D eigenvalue weighted by atomic mass is 16.3. The molecule has 1 aliphatic rings. The summed E-state index contributed by atoms with van der Waals surface area (Å²) < 4.78 is 0. The third-order valence-electron chi connectivity index (χ3n) is 5.11. The molecule has 1 saturated heterocycles. The highest BCUT2D eigenvalue weighted by molar-refractivity contribution is 5.98. The zero-order valence-corrected chi connectivity index (χ0v) is 15.6. The smallest absolute Gasteiger partial charge is 0.267 e. The molecule has 3 aromatic rings. The van der Waals surface area contributed by atoms with Crippen LogP contribution in [0.4, 0.5) is 0 Å². The molecule has 0 bridgehead atoms. The molecule has 2 heterocycles. The Labute approximate surface area is 164 Å². The minimum atomic E-state index is -0.539. The lowest BCUT2D eigenvalue weighted by atomic mass is 9.97. The molecule has 5 heteroatoms. The topological polar surface area (TPSA) is 79.5 Å². The van der Waals surface area contributed by atoms with Crippen molar-refractivity contribution in [1.29, 1.82) is 0 Å². The van der Waals surface area contributed by atoms with Crippen molar-refractivity contribution in [3.63, 3.8) is 0 Å². The molecule has 1 unspecified atom stereocenters. The number of hydrogen-bond donors (Lipinski definition) is 2. The summed E-state index contributed by atoms with van der Waals surface area (Å²) in [6.45, 7) is 2.21. The number of primary amides is 1. The number of β-amino-alcohol motifs (C(OH)–C–C–N with tert-alkyl or cyclic N) is 1. The lowest BCUT2D eigenvalue weighted by Gasteiger charge is -2.16. The predicted molar refractivity (Wildman–Crippen MR) is 110 cm³/mol. The van der Waals surface area contributed by atoms with Crippen LogP contribution in [0.15, 0.2) is 66.9 Å². The molecule has 0 aliphatic carbocycles. The number of benzene rings is 2. The van der Waals surface area contributed by atoms with E-state index in [0.29, 0.717) is 13.1 Å². The minimum absolute atomic E-state index is 0.264. The first-order valence-corrected chi connectivity index (χ1v) is 9.45. The summed E-state index contributed by atoms with van der Waals surface area (Å²) in [5.41, 5.74) is 10.7. The fourth-order valence-electron chi connectivity index (χ4n) is 3.72. The van der Waals surface area contributed by atoms with Crippen LogP contribution >= 0.6 is 0 Å². The van der Waals surface area contributed by atoms with Gasteiger partial charge in [-0.05, 0) is 40.8 Å². The first-order valence-electron chi connectivity index (χ1n) is 9.45. The number of hydrogen-bond acceptors (Lipinski definition) is 4. The molecule has 1 aliphatic heterocycles. The fourth-order valence-corrected chi connectivity index (χ4v) is 3.72. The van der Waals surface area contributed by atoms with Crippen molar-refractivity contribution in [3.05, 3.63) is 78.1 Å². The van der Waals surface area contributed by atoms with Crippen LogP contribution in [0.25, 0.3) is 22.3 Å². The Hall–Kier alpha value is -3.02. The summed E-state index contributed by atoms with van der Waals surface area (Å²) in [4.78, 5) is 18.5. The van der Waals surface area contributed by atoms with Crippen LogP contribution < -0.4 is 5.73 Å². The van der Waals surface area contributed by atoms with Crippen LogP contribution in [0.1, 0.15) is 22.5 Å². The van der Waals surface area contributed by atoms with Gasteiger partial charge in [-0.2, -0.15) is 0 Å². The Kier molecular flexibility index (Phi) is 5.19. The number of amides is 1. The maximum absolute atomic E-state index is 12.0. The Morgan fingerprint density at radius 1 is 1.07 bits per heavy atom. The molecular formula is C23H23N3O2. The Balaban J connectivity index is 1.71. The first kappa shape index (κ1) is 18.3. The van der Waals surface area contributed by atoms with E-state index in [0.717, 1.165) is 40.8 Å². The zero-order valence-electron chi connectivity index (χ0n) is 15.6. The Bertz CT molecular complexity index is 988. The molecule has 0 saturated carbocycles. The summed E-state index contributed by atoms with van der Waals surface area (Å²) in [5.74, 6) is -0.539. The lowest BCUT2D eigenvalue weighted by molar-refractivity contribution is 0.0996. The van der Waals surface area contributed by atoms with Gasteiger partial charge in [0.15, 0.2) is 0 Å². The standard InChI is InChI=1S/C23H23N3O2/c24-23(28)22-21(11-16(13-25-22)14-26-10-9-20(27)15-26)19-8-4-7-18(12-19)17-5-2-1-3-6-17/h1-8,11-13,20,27H,9-10,14-15H2,(H2,24,28). The number of rotatable bonds is 5. The molecule has 1 atom stereocenters. The van der Waals surface area contributed by atoms with Crippen LogP contribution in [0.3, 0.4) is 0 Å². The second kappa shape index (κ2) is 7.92. The van der Waals surface area contributed by atoms with E-state index in [9.17, 15) is 9.90 Å². The van der Waals surface area contributed by atoms with E-state index < -0.39 is 5.91 Å². The lowest BCUT2D eigenvalue weighted by Crippen LogP contribution is -2.22. The number of aliphatic hydroxyl groups is 1. The van der Waals surface area contributed by atoms with Gasteiger partial charge in [0.2, 0.25) is 0 Å². The molecule has 4 rings (SSSR count). The minimum Gasteiger partial charge on any atom is -0.392 e. The van der Waals surface area contributed by atoms with Gasteiger partial charge in [0.1, 0.15) is 5.69 Å². The van der Waals surface area contributed by atoms with Crippen molar-refractivity contribution >= 4 is 5.91 Å². The zero-order chi connectivity index (χ0) is 19.5. The molecule has 5 nitrogen and oxygen atoms in total. The van der Waals surface area contributed by atoms with Gasteiger partial charge >= 0.3 is 0 Å². The van der Waals surface area contributed by atoms with Gasteiger partial charge in [0, 0.05) is 31.4 Å². The molecule has 1 aromatic heterocycles. The number of carbonyl (C=O) groups excluding carboxylic acids is 1. The van der Waals surface area contributed by atoms with Gasteiger partial charge in [0.05, 0.1) is 6.10 Å². The van der Waals surface area contributed by atoms with Gasteiger partial charge in [0.25, 0.3) is 5.91 Å². The first-order chi connectivity index (χ1) is 13.6. The summed E-state index contributed by atoms with van der Waals surface area (Å²) in [7, 11) is 0. The average molecular weight is 373 g/mol. The number of likely N-dealkylation sites (tertiary alicyclic amines) is 1. The largest absolute Gasteiger partial charge is 0.392 e. The van der Waals surface area contributed by atoms with Crippen molar-refractivity contribution < 1.29 is 9.90 Å². The molecule has 1 fully saturated rings. The molecule has 2 aromatic carbocycles. The maximum Gasteiger partial charge on any atom is 0.267 e. The third kappa shape index (κ3) is 3.96. The SMILES string of the molecule is NC(=O)c1ncc(CN2CCC(O)C2)cc1-c1cccc(-c2ccccc2)c1. The third-order valence-corrected chi connectivity index (χ3v) is 5.11. The monoisotopic (exact) mass is 373 g/mol. The fraction of sp³-hybridized carbons (Fsp3) is 0.217. The van der Waals surface area contributed by atoms with E-state index in [1.807, 2.05) is 42.5 Å². The van der Waals surface area contributed by atoms with E-state index in [2.05, 4.69) is 28.1 Å². The number of carbonyl (C=O) groups is 1. The van der Waals surface area contributed by atoms with Gasteiger partial charge < -0.3 is 10.8 Å². The van der Waals surface area contributed by atoms with Crippen LogP contribution in [0.5, 0.6) is 0 Å². The van der Waals surface area contributed by atoms with Gasteiger partial charge in [-0.25, -0.2) is 0 Å². The van der Waals surface area contributed by atoms with Crippen molar-refractivity contribution in [2.75, 3.05) is 13.1 Å². The van der Waals surface area contributed by atoms with Crippen LogP contribution in [-0.2, 0) is 6.54 Å². The normalized spacial score (nSPS) is 17.0. The molecule has 0 spiro atoms. The molecule has 3 N–H and O–H groups in total. The molecule has 1 amide bonds. The predicted octanol–water partition coefficient (Wildman–Crippen LogP) is 3.08. The van der Waals surface area contributed by atoms with Crippen LogP contribution in [-0.4, -0.2) is 40.1 Å². The van der Waals surface area contributed by atoms with Gasteiger partial charge in [-0.3, -0.25) is 14.7 Å². The Morgan fingerprint density at radius 3 is 2.54 bits per heavy atom. The van der Waals surface area contributed by atoms with Crippen molar-refractivity contribution in [1.82, 2.24) is 9.88 Å². The molecule has 142 valence electrons. The van der Waals surface area contributed by atoms with Crippen molar-refractivity contribution in [3.8, 4) is 22.3 Å². The number of aromatic nitrogens is 1. The van der Waals surface area contributed by atoms with Gasteiger partial charge in [-0.15, -0.1) is 0 Å². The second-order valence-electron chi connectivity index (χ2n) is 7.23. The number of nitrogens with zero attached hydrogens (tertiary/aromatic N) is 2. The van der Waals surface area contributed by atoms with Crippen molar-refractivity contribution in [2.24, 2.45) is 5.73 Å². The number of aliphatic hydroxyl groups excluding tert-OH is 1. The van der Waals surface area contributed by atoms with Gasteiger partial charge in [-0.1, -0.05) is 48.5 Å². The molecule has 28 heavy (non-hydrogen) atoms. The number of pyridine rings is 1. The summed E-state index contributed by atoms with van der Waals surface area (Å²) in [5, 5.41) is 9.75. The summed E-state index contributed by atoms with van der Waals surface area (Å²) >= 11 is 0. The van der Waals surface area contributed by atoms with E-state index in [1.165, 1.54) is 0 Å². The molecular weight excluding hydrogens is 350 g/mol.